The lowest BCUT2D eigenvalue weighted by Crippen LogP contribution is -2.15. The van der Waals surface area contributed by atoms with E-state index in [9.17, 15) is 0 Å². The van der Waals surface area contributed by atoms with Gasteiger partial charge in [0.05, 0.1) is 0 Å². The highest BCUT2D eigenvalue weighted by Crippen LogP contribution is 2.51. The van der Waals surface area contributed by atoms with Crippen molar-refractivity contribution in [3.63, 3.8) is 0 Å². The SMILES string of the molecule is Cc1cc(C)c2c(c1)C(C)(C)c1ccc(-c3cccc(N(c4ccc(-c5ccc6c(c5)sc5ccccc56)cc4)c4ccc(-c5ccc6oc7ccccc7c6c5)cc4)c3)cc1-2. The second-order valence-electron chi connectivity index (χ2n) is 17.5. The van der Waals surface area contributed by atoms with Crippen molar-refractivity contribution in [1.82, 2.24) is 0 Å². The largest absolute Gasteiger partial charge is 0.456 e. The molecular formula is C59H43NOS. The summed E-state index contributed by atoms with van der Waals surface area (Å²) in [5, 5.41) is 4.92. The van der Waals surface area contributed by atoms with Crippen molar-refractivity contribution < 1.29 is 4.42 Å². The van der Waals surface area contributed by atoms with E-state index in [1.54, 1.807) is 0 Å². The zero-order valence-corrected chi connectivity index (χ0v) is 36.0. The molecule has 296 valence electrons. The van der Waals surface area contributed by atoms with Gasteiger partial charge in [0.25, 0.3) is 0 Å². The van der Waals surface area contributed by atoms with Crippen LogP contribution in [0.5, 0.6) is 0 Å². The van der Waals surface area contributed by atoms with Crippen LogP contribution < -0.4 is 4.90 Å². The van der Waals surface area contributed by atoms with Gasteiger partial charge in [0, 0.05) is 53.4 Å². The molecule has 0 atom stereocenters. The number of nitrogens with zero attached hydrogens (tertiary/aromatic N) is 1. The first-order chi connectivity index (χ1) is 30.3. The quantitative estimate of drug-likeness (QED) is 0.166. The van der Waals surface area contributed by atoms with Crippen LogP contribution in [0, 0.1) is 13.8 Å². The molecule has 0 amide bonds. The second kappa shape index (κ2) is 13.9. The highest BCUT2D eigenvalue weighted by molar-refractivity contribution is 7.25. The van der Waals surface area contributed by atoms with Gasteiger partial charge in [0.2, 0.25) is 0 Å². The number of para-hydroxylation sites is 1. The van der Waals surface area contributed by atoms with E-state index in [1.165, 1.54) is 75.8 Å². The second-order valence-corrected chi connectivity index (χ2v) is 18.6. The highest BCUT2D eigenvalue weighted by Gasteiger charge is 2.36. The summed E-state index contributed by atoms with van der Waals surface area (Å²) in [4.78, 5) is 2.39. The van der Waals surface area contributed by atoms with Crippen LogP contribution in [-0.4, -0.2) is 0 Å². The van der Waals surface area contributed by atoms with E-state index < -0.39 is 0 Å². The fraction of sp³-hybridized carbons (Fsp3) is 0.0847. The number of hydrogen-bond acceptors (Lipinski definition) is 3. The predicted octanol–water partition coefficient (Wildman–Crippen LogP) is 17.3. The van der Waals surface area contributed by atoms with Crippen molar-refractivity contribution in [2.24, 2.45) is 0 Å². The lowest BCUT2D eigenvalue weighted by molar-refractivity contribution is 0.659. The predicted molar refractivity (Wildman–Crippen MR) is 265 cm³/mol. The van der Waals surface area contributed by atoms with Gasteiger partial charge in [-0.2, -0.15) is 0 Å². The number of aryl methyl sites for hydroxylation is 2. The Bertz CT molecular complexity index is 3570. The molecule has 1 aliphatic rings. The summed E-state index contributed by atoms with van der Waals surface area (Å²) in [6.45, 7) is 9.21. The zero-order valence-electron chi connectivity index (χ0n) is 35.2. The first-order valence-electron chi connectivity index (χ1n) is 21.5. The van der Waals surface area contributed by atoms with Crippen LogP contribution in [0.3, 0.4) is 0 Å². The Labute approximate surface area is 366 Å². The summed E-state index contributed by atoms with van der Waals surface area (Å²) < 4.78 is 8.79. The summed E-state index contributed by atoms with van der Waals surface area (Å²) in [6, 6.07) is 69.3. The summed E-state index contributed by atoms with van der Waals surface area (Å²) in [5.41, 5.74) is 20.5. The molecule has 0 unspecified atom stereocenters. The Morgan fingerprint density at radius 3 is 1.82 bits per heavy atom. The maximum Gasteiger partial charge on any atom is 0.135 e. The molecule has 0 saturated carbocycles. The molecular weight excluding hydrogens is 771 g/mol. The number of thiophene rings is 1. The molecule has 2 nitrogen and oxygen atoms in total. The van der Waals surface area contributed by atoms with E-state index in [0.29, 0.717) is 0 Å². The fourth-order valence-corrected chi connectivity index (χ4v) is 11.3. The smallest absolute Gasteiger partial charge is 0.135 e. The molecule has 9 aromatic carbocycles. The van der Waals surface area contributed by atoms with Crippen molar-refractivity contribution in [2.75, 3.05) is 4.90 Å². The van der Waals surface area contributed by atoms with Gasteiger partial charge in [-0.3, -0.25) is 0 Å². The van der Waals surface area contributed by atoms with Gasteiger partial charge in [-0.1, -0.05) is 135 Å². The van der Waals surface area contributed by atoms with Crippen LogP contribution in [-0.2, 0) is 5.41 Å². The number of anilines is 3. The average molecular weight is 814 g/mol. The van der Waals surface area contributed by atoms with Gasteiger partial charge >= 0.3 is 0 Å². The lowest BCUT2D eigenvalue weighted by Gasteiger charge is -2.26. The fourth-order valence-electron chi connectivity index (χ4n) is 10.1. The van der Waals surface area contributed by atoms with Crippen LogP contribution in [0.4, 0.5) is 17.1 Å². The minimum atomic E-state index is -0.0430. The molecule has 0 spiro atoms. The minimum absolute atomic E-state index is 0.0430. The maximum absolute atomic E-state index is 6.15. The third-order valence-corrected chi connectivity index (χ3v) is 14.4. The van der Waals surface area contributed by atoms with E-state index in [2.05, 4.69) is 209 Å². The minimum Gasteiger partial charge on any atom is -0.456 e. The van der Waals surface area contributed by atoms with E-state index in [-0.39, 0.29) is 5.41 Å². The Kier molecular flexibility index (Phi) is 8.23. The summed E-state index contributed by atoms with van der Waals surface area (Å²) in [5.74, 6) is 0. The molecule has 0 fully saturated rings. The molecule has 0 radical (unpaired) electrons. The highest BCUT2D eigenvalue weighted by atomic mass is 32.1. The molecule has 2 aromatic heterocycles. The summed E-state index contributed by atoms with van der Waals surface area (Å²) in [7, 11) is 0. The maximum atomic E-state index is 6.15. The van der Waals surface area contributed by atoms with Crippen LogP contribution in [0.25, 0.3) is 86.6 Å². The molecule has 62 heavy (non-hydrogen) atoms. The Hall–Kier alpha value is -7.20. The average Bonchev–Trinajstić information content (AvgIpc) is 3.93. The first-order valence-corrected chi connectivity index (χ1v) is 22.3. The Morgan fingerprint density at radius 1 is 0.419 bits per heavy atom. The molecule has 3 heteroatoms. The Balaban J connectivity index is 0.946. The van der Waals surface area contributed by atoms with Gasteiger partial charge in [0.15, 0.2) is 0 Å². The number of hydrogen-bond donors (Lipinski definition) is 0. The van der Waals surface area contributed by atoms with Crippen molar-refractivity contribution in [3.8, 4) is 44.5 Å². The molecule has 0 saturated heterocycles. The third kappa shape index (κ3) is 5.84. The topological polar surface area (TPSA) is 16.4 Å². The van der Waals surface area contributed by atoms with Gasteiger partial charge < -0.3 is 9.32 Å². The third-order valence-electron chi connectivity index (χ3n) is 13.2. The first kappa shape index (κ1) is 36.6. The van der Waals surface area contributed by atoms with Crippen molar-refractivity contribution in [1.29, 1.82) is 0 Å². The monoisotopic (exact) mass is 813 g/mol. The molecule has 2 heterocycles. The van der Waals surface area contributed by atoms with Crippen LogP contribution in [0.15, 0.2) is 192 Å². The standard InChI is InChI=1S/C59H43NOS/c1-36-30-37(2)58-51-34-42(21-28-52(51)59(3,4)53(58)31-36)40-10-9-11-46(32-40)60(44-23-16-38(17-24-44)41-22-29-55-50(33-41)47-12-5-7-14-54(47)61-55)45-25-18-39(19-26-45)43-20-27-49-48-13-6-8-15-56(48)62-57(49)35-43/h5-35H,1-4H3. The van der Waals surface area contributed by atoms with Crippen LogP contribution >= 0.6 is 11.3 Å². The van der Waals surface area contributed by atoms with E-state index in [1.807, 2.05) is 23.5 Å². The summed E-state index contributed by atoms with van der Waals surface area (Å²) in [6.07, 6.45) is 0. The van der Waals surface area contributed by atoms with Crippen LogP contribution in [0.2, 0.25) is 0 Å². The molecule has 0 bridgehead atoms. The van der Waals surface area contributed by atoms with E-state index in [0.717, 1.165) is 50.1 Å². The lowest BCUT2D eigenvalue weighted by atomic mass is 9.81. The summed E-state index contributed by atoms with van der Waals surface area (Å²) >= 11 is 1.86. The number of benzene rings is 9. The molecule has 0 aliphatic heterocycles. The number of rotatable bonds is 6. The zero-order chi connectivity index (χ0) is 41.7. The van der Waals surface area contributed by atoms with Gasteiger partial charge in [-0.05, 0) is 148 Å². The Morgan fingerprint density at radius 2 is 1.03 bits per heavy atom. The van der Waals surface area contributed by atoms with E-state index in [4.69, 9.17) is 4.42 Å². The van der Waals surface area contributed by atoms with Crippen LogP contribution in [0.1, 0.15) is 36.1 Å². The van der Waals surface area contributed by atoms with Gasteiger partial charge in [-0.15, -0.1) is 11.3 Å². The molecule has 0 N–H and O–H groups in total. The number of fused-ring (bicyclic) bond motifs is 9. The van der Waals surface area contributed by atoms with E-state index >= 15 is 0 Å². The normalized spacial score (nSPS) is 13.0. The molecule has 12 rings (SSSR count). The van der Waals surface area contributed by atoms with Crippen molar-refractivity contribution >= 4 is 70.5 Å². The molecule has 1 aliphatic carbocycles. The van der Waals surface area contributed by atoms with Crippen molar-refractivity contribution in [2.45, 2.75) is 33.1 Å². The number of furan rings is 1. The van der Waals surface area contributed by atoms with Crippen molar-refractivity contribution in [3.05, 3.63) is 210 Å². The van der Waals surface area contributed by atoms with Gasteiger partial charge in [-0.25, -0.2) is 0 Å². The van der Waals surface area contributed by atoms with Gasteiger partial charge in [0.1, 0.15) is 11.2 Å². The molecule has 11 aromatic rings.